The molecule has 0 aliphatic heterocycles. The number of hydrogen-bond acceptors (Lipinski definition) is 1. The summed E-state index contributed by atoms with van der Waals surface area (Å²) in [5.74, 6) is 0.0539. The largest absolute Gasteiger partial charge is 0.345 e. The number of hydrogen-bond donors (Lipinski definition) is 0. The number of benzene rings is 1. The zero-order valence-electron chi connectivity index (χ0n) is 11.7. The molecule has 2 rings (SSSR count). The summed E-state index contributed by atoms with van der Waals surface area (Å²) in [5.41, 5.74) is 4.51. The van der Waals surface area contributed by atoms with E-state index in [1.807, 2.05) is 12.1 Å². The Morgan fingerprint density at radius 3 is 2.50 bits per heavy atom. The van der Waals surface area contributed by atoms with Crippen molar-refractivity contribution in [3.05, 3.63) is 35.0 Å². The van der Waals surface area contributed by atoms with Crippen LogP contribution in [-0.2, 0) is 6.54 Å². The van der Waals surface area contributed by atoms with E-state index in [0.29, 0.717) is 0 Å². The molecule has 0 aliphatic rings. The maximum absolute atomic E-state index is 12.0. The van der Waals surface area contributed by atoms with E-state index in [-0.39, 0.29) is 5.91 Å². The van der Waals surface area contributed by atoms with Crippen LogP contribution in [0.25, 0.3) is 10.9 Å². The minimum absolute atomic E-state index is 0.0539. The van der Waals surface area contributed by atoms with Crippen LogP contribution in [0.3, 0.4) is 0 Å². The Balaban J connectivity index is 2.66. The highest BCUT2D eigenvalue weighted by Crippen LogP contribution is 2.26. The van der Waals surface area contributed by atoms with Crippen molar-refractivity contribution in [2.45, 2.75) is 27.3 Å². The Bertz CT molecular complexity index is 608. The molecule has 0 fully saturated rings. The third-order valence-corrected chi connectivity index (χ3v) is 3.61. The fourth-order valence-corrected chi connectivity index (χ4v) is 2.45. The number of amides is 1. The Hall–Kier alpha value is -1.77. The first-order valence-corrected chi connectivity index (χ1v) is 6.28. The third-order valence-electron chi connectivity index (χ3n) is 3.61. The van der Waals surface area contributed by atoms with Gasteiger partial charge in [-0.1, -0.05) is 0 Å². The molecule has 1 aromatic heterocycles. The second kappa shape index (κ2) is 4.48. The minimum Gasteiger partial charge on any atom is -0.345 e. The lowest BCUT2D eigenvalue weighted by molar-refractivity contribution is 0.0828. The molecule has 1 aromatic carbocycles. The highest BCUT2D eigenvalue weighted by Gasteiger charge is 2.13. The fourth-order valence-electron chi connectivity index (χ4n) is 2.45. The second-order valence-corrected chi connectivity index (χ2v) is 4.89. The predicted octanol–water partition coefficient (Wildman–Crippen LogP) is 2.98. The van der Waals surface area contributed by atoms with Gasteiger partial charge in [0.05, 0.1) is 0 Å². The molecule has 1 amide bonds. The van der Waals surface area contributed by atoms with Gasteiger partial charge >= 0.3 is 0 Å². The summed E-state index contributed by atoms with van der Waals surface area (Å²) in [7, 11) is 3.56. The van der Waals surface area contributed by atoms with Crippen molar-refractivity contribution in [2.24, 2.45) is 0 Å². The van der Waals surface area contributed by atoms with Gasteiger partial charge in [-0.2, -0.15) is 0 Å². The lowest BCUT2D eigenvalue weighted by Gasteiger charge is -2.10. The van der Waals surface area contributed by atoms with Crippen LogP contribution in [-0.4, -0.2) is 29.5 Å². The number of aromatic nitrogens is 1. The Morgan fingerprint density at radius 1 is 1.28 bits per heavy atom. The quantitative estimate of drug-likeness (QED) is 0.797. The molecule has 0 spiro atoms. The first-order chi connectivity index (χ1) is 8.47. The molecule has 18 heavy (non-hydrogen) atoms. The van der Waals surface area contributed by atoms with E-state index >= 15 is 0 Å². The summed E-state index contributed by atoms with van der Waals surface area (Å²) in [6.45, 7) is 7.35. The summed E-state index contributed by atoms with van der Waals surface area (Å²) < 4.78 is 2.29. The second-order valence-electron chi connectivity index (χ2n) is 4.89. The Labute approximate surface area is 108 Å². The molecule has 3 nitrogen and oxygen atoms in total. The number of carbonyl (C=O) groups excluding carboxylic acids is 1. The fraction of sp³-hybridized carbons (Fsp3) is 0.400. The molecule has 0 saturated carbocycles. The molecule has 96 valence electrons. The maximum atomic E-state index is 12.0. The van der Waals surface area contributed by atoms with E-state index in [4.69, 9.17) is 0 Å². The Morgan fingerprint density at radius 2 is 1.94 bits per heavy atom. The van der Waals surface area contributed by atoms with Crippen LogP contribution in [0.2, 0.25) is 0 Å². The molecule has 0 N–H and O–H groups in total. The molecule has 0 bridgehead atoms. The highest BCUT2D eigenvalue weighted by atomic mass is 16.2. The third kappa shape index (κ3) is 1.80. The van der Waals surface area contributed by atoms with E-state index in [2.05, 4.69) is 31.4 Å². The SMILES string of the molecule is CCn1c(C)c(C)c2cc(C(=O)N(C)C)ccc21. The van der Waals surface area contributed by atoms with Gasteiger partial charge in [0, 0.05) is 42.8 Å². The van der Waals surface area contributed by atoms with E-state index in [9.17, 15) is 4.79 Å². The summed E-state index contributed by atoms with van der Waals surface area (Å²) in [5, 5.41) is 1.18. The van der Waals surface area contributed by atoms with E-state index in [1.54, 1.807) is 19.0 Å². The van der Waals surface area contributed by atoms with E-state index < -0.39 is 0 Å². The van der Waals surface area contributed by atoms with Crippen LogP contribution < -0.4 is 0 Å². The average Bonchev–Trinajstić information content (AvgIpc) is 2.60. The summed E-state index contributed by atoms with van der Waals surface area (Å²) in [6, 6.07) is 5.97. The van der Waals surface area contributed by atoms with Crippen molar-refractivity contribution in [2.75, 3.05) is 14.1 Å². The molecule has 3 heteroatoms. The molecule has 0 aliphatic carbocycles. The molecular weight excluding hydrogens is 224 g/mol. The van der Waals surface area contributed by atoms with Crippen molar-refractivity contribution < 1.29 is 4.79 Å². The van der Waals surface area contributed by atoms with Gasteiger partial charge in [-0.15, -0.1) is 0 Å². The first-order valence-electron chi connectivity index (χ1n) is 6.28. The first kappa shape index (κ1) is 12.7. The van der Waals surface area contributed by atoms with E-state index in [0.717, 1.165) is 12.1 Å². The van der Waals surface area contributed by atoms with Gasteiger partial charge in [-0.3, -0.25) is 4.79 Å². The van der Waals surface area contributed by atoms with Gasteiger partial charge in [0.1, 0.15) is 0 Å². The topological polar surface area (TPSA) is 25.2 Å². The number of aryl methyl sites for hydroxylation is 2. The molecule has 0 unspecified atom stereocenters. The predicted molar refractivity (Wildman–Crippen MR) is 75.1 cm³/mol. The van der Waals surface area contributed by atoms with Crippen molar-refractivity contribution in [3.8, 4) is 0 Å². The maximum Gasteiger partial charge on any atom is 0.253 e. The van der Waals surface area contributed by atoms with Crippen molar-refractivity contribution in [3.63, 3.8) is 0 Å². The van der Waals surface area contributed by atoms with Crippen LogP contribution >= 0.6 is 0 Å². The lowest BCUT2D eigenvalue weighted by Crippen LogP contribution is -2.21. The molecule has 1 heterocycles. The normalized spacial score (nSPS) is 10.9. The minimum atomic E-state index is 0.0539. The van der Waals surface area contributed by atoms with Crippen LogP contribution in [0.15, 0.2) is 18.2 Å². The van der Waals surface area contributed by atoms with Gasteiger partial charge in [-0.25, -0.2) is 0 Å². The summed E-state index contributed by atoms with van der Waals surface area (Å²) >= 11 is 0. The van der Waals surface area contributed by atoms with Crippen LogP contribution in [0.5, 0.6) is 0 Å². The number of nitrogens with zero attached hydrogens (tertiary/aromatic N) is 2. The van der Waals surface area contributed by atoms with Gasteiger partial charge in [-0.05, 0) is 44.5 Å². The molecular formula is C15H20N2O. The smallest absolute Gasteiger partial charge is 0.253 e. The monoisotopic (exact) mass is 244 g/mol. The zero-order chi connectivity index (χ0) is 13.4. The standard InChI is InChI=1S/C15H20N2O/c1-6-17-11(3)10(2)13-9-12(7-8-14(13)17)15(18)16(4)5/h7-9H,6H2,1-5H3. The molecule has 0 radical (unpaired) electrons. The molecule has 0 saturated heterocycles. The summed E-state index contributed by atoms with van der Waals surface area (Å²) in [4.78, 5) is 13.6. The van der Waals surface area contributed by atoms with Crippen LogP contribution in [0.1, 0.15) is 28.5 Å². The van der Waals surface area contributed by atoms with Crippen LogP contribution in [0, 0.1) is 13.8 Å². The Kier molecular flexibility index (Phi) is 3.16. The van der Waals surface area contributed by atoms with Crippen LogP contribution in [0.4, 0.5) is 0 Å². The van der Waals surface area contributed by atoms with Crippen molar-refractivity contribution in [1.29, 1.82) is 0 Å². The van der Waals surface area contributed by atoms with Gasteiger partial charge < -0.3 is 9.47 Å². The van der Waals surface area contributed by atoms with Gasteiger partial charge in [0.2, 0.25) is 0 Å². The average molecular weight is 244 g/mol. The number of carbonyl (C=O) groups is 1. The van der Waals surface area contributed by atoms with Crippen molar-refractivity contribution in [1.82, 2.24) is 9.47 Å². The molecule has 0 atom stereocenters. The van der Waals surface area contributed by atoms with Crippen molar-refractivity contribution >= 4 is 16.8 Å². The highest BCUT2D eigenvalue weighted by molar-refractivity contribution is 5.99. The number of rotatable bonds is 2. The van der Waals surface area contributed by atoms with Gasteiger partial charge in [0.25, 0.3) is 5.91 Å². The van der Waals surface area contributed by atoms with Gasteiger partial charge in [0.15, 0.2) is 0 Å². The number of fused-ring (bicyclic) bond motifs is 1. The lowest BCUT2D eigenvalue weighted by atomic mass is 10.1. The summed E-state index contributed by atoms with van der Waals surface area (Å²) in [6.07, 6.45) is 0. The zero-order valence-corrected chi connectivity index (χ0v) is 11.7. The van der Waals surface area contributed by atoms with E-state index in [1.165, 1.54) is 22.2 Å². The molecule has 2 aromatic rings.